The maximum Gasteiger partial charge on any atom is 0.0735 e. The summed E-state index contributed by atoms with van der Waals surface area (Å²) in [4.78, 5) is 0. The summed E-state index contributed by atoms with van der Waals surface area (Å²) in [7, 11) is 1.97. The van der Waals surface area contributed by atoms with E-state index in [1.165, 1.54) is 18.5 Å². The summed E-state index contributed by atoms with van der Waals surface area (Å²) in [6, 6.07) is 0. The number of nitrogen functional groups attached to an aromatic ring is 1. The fraction of sp³-hybridized carbons (Fsp3) is 0.667. The Morgan fingerprint density at radius 2 is 2.23 bits per heavy atom. The summed E-state index contributed by atoms with van der Waals surface area (Å²) >= 11 is 0. The number of nitrogens with one attached hydrogen (secondary N) is 1. The number of piperidine rings is 1. The van der Waals surface area contributed by atoms with Crippen molar-refractivity contribution in [3.63, 3.8) is 0 Å². The van der Waals surface area contributed by atoms with Gasteiger partial charge < -0.3 is 11.1 Å². The molecule has 0 unspecified atom stereocenters. The van der Waals surface area contributed by atoms with Crippen molar-refractivity contribution in [2.24, 2.45) is 7.05 Å². The summed E-state index contributed by atoms with van der Waals surface area (Å²) in [6.45, 7) is 2.19. The molecule has 0 atom stereocenters. The molecule has 1 aromatic heterocycles. The van der Waals surface area contributed by atoms with E-state index in [0.29, 0.717) is 5.92 Å². The van der Waals surface area contributed by atoms with Gasteiger partial charge in [0, 0.05) is 13.0 Å². The second-order valence-electron chi connectivity index (χ2n) is 3.63. The monoisotopic (exact) mass is 180 g/mol. The van der Waals surface area contributed by atoms with Gasteiger partial charge in [-0.3, -0.25) is 4.68 Å². The van der Waals surface area contributed by atoms with E-state index >= 15 is 0 Å². The maximum atomic E-state index is 5.87. The number of anilines is 1. The van der Waals surface area contributed by atoms with Gasteiger partial charge in [-0.25, -0.2) is 0 Å². The zero-order valence-electron chi connectivity index (χ0n) is 7.95. The lowest BCUT2D eigenvalue weighted by molar-refractivity contribution is 0.441. The molecule has 13 heavy (non-hydrogen) atoms. The molecular weight excluding hydrogens is 164 g/mol. The Balaban J connectivity index is 2.22. The zero-order chi connectivity index (χ0) is 9.26. The van der Waals surface area contributed by atoms with E-state index in [9.17, 15) is 0 Å². The van der Waals surface area contributed by atoms with Gasteiger partial charge in [0.1, 0.15) is 0 Å². The van der Waals surface area contributed by atoms with Crippen LogP contribution in [0.15, 0.2) is 6.20 Å². The second kappa shape index (κ2) is 3.38. The second-order valence-corrected chi connectivity index (χ2v) is 3.63. The summed E-state index contributed by atoms with van der Waals surface area (Å²) < 4.78 is 1.91. The molecule has 1 aromatic rings. The van der Waals surface area contributed by atoms with Crippen LogP contribution in [0.25, 0.3) is 0 Å². The van der Waals surface area contributed by atoms with Crippen LogP contribution in [0.4, 0.5) is 5.69 Å². The van der Waals surface area contributed by atoms with Crippen molar-refractivity contribution in [3.8, 4) is 0 Å². The highest BCUT2D eigenvalue weighted by Crippen LogP contribution is 2.28. The molecule has 1 aliphatic heterocycles. The third-order valence-electron chi connectivity index (χ3n) is 2.74. The molecule has 1 fully saturated rings. The lowest BCUT2D eigenvalue weighted by Gasteiger charge is -2.23. The number of hydrogen-bond donors (Lipinski definition) is 2. The fourth-order valence-electron chi connectivity index (χ4n) is 2.06. The third-order valence-corrected chi connectivity index (χ3v) is 2.74. The molecule has 0 spiro atoms. The molecule has 2 heterocycles. The van der Waals surface area contributed by atoms with Crippen molar-refractivity contribution in [2.45, 2.75) is 18.8 Å². The number of nitrogens with zero attached hydrogens (tertiary/aromatic N) is 2. The first-order valence-electron chi connectivity index (χ1n) is 4.77. The number of rotatable bonds is 1. The molecule has 4 heteroatoms. The van der Waals surface area contributed by atoms with Crippen molar-refractivity contribution in [2.75, 3.05) is 18.8 Å². The Morgan fingerprint density at radius 1 is 1.54 bits per heavy atom. The number of aryl methyl sites for hydroxylation is 1. The van der Waals surface area contributed by atoms with Crippen LogP contribution in [-0.4, -0.2) is 22.9 Å². The van der Waals surface area contributed by atoms with Crippen molar-refractivity contribution >= 4 is 5.69 Å². The average Bonchev–Trinajstić information content (AvgIpc) is 2.48. The predicted octanol–water partition coefficient (Wildman–Crippen LogP) is 0.469. The molecule has 0 saturated carbocycles. The highest BCUT2D eigenvalue weighted by Gasteiger charge is 2.20. The number of hydrogen-bond acceptors (Lipinski definition) is 3. The molecule has 2 rings (SSSR count). The van der Waals surface area contributed by atoms with Crippen LogP contribution in [0.5, 0.6) is 0 Å². The Labute approximate surface area is 78.1 Å². The van der Waals surface area contributed by atoms with Crippen molar-refractivity contribution in [1.82, 2.24) is 15.1 Å². The van der Waals surface area contributed by atoms with E-state index in [1.807, 2.05) is 11.7 Å². The van der Waals surface area contributed by atoms with Crippen molar-refractivity contribution in [3.05, 3.63) is 11.9 Å². The summed E-state index contributed by atoms with van der Waals surface area (Å²) in [5, 5.41) is 7.51. The van der Waals surface area contributed by atoms with E-state index in [2.05, 4.69) is 10.4 Å². The van der Waals surface area contributed by atoms with Gasteiger partial charge in [-0.2, -0.15) is 5.10 Å². The van der Waals surface area contributed by atoms with Crippen LogP contribution in [-0.2, 0) is 7.05 Å². The van der Waals surface area contributed by atoms with Crippen LogP contribution >= 0.6 is 0 Å². The van der Waals surface area contributed by atoms with Crippen molar-refractivity contribution < 1.29 is 0 Å². The van der Waals surface area contributed by atoms with Gasteiger partial charge in [0.25, 0.3) is 0 Å². The van der Waals surface area contributed by atoms with Gasteiger partial charge in [-0.1, -0.05) is 0 Å². The minimum atomic E-state index is 0.591. The van der Waals surface area contributed by atoms with E-state index in [-0.39, 0.29) is 0 Å². The first kappa shape index (κ1) is 8.56. The van der Waals surface area contributed by atoms with Gasteiger partial charge in [0.2, 0.25) is 0 Å². The molecule has 0 bridgehead atoms. The first-order valence-corrected chi connectivity index (χ1v) is 4.77. The molecule has 4 nitrogen and oxygen atoms in total. The van der Waals surface area contributed by atoms with Crippen LogP contribution < -0.4 is 11.1 Å². The summed E-state index contributed by atoms with van der Waals surface area (Å²) in [5.41, 5.74) is 7.92. The average molecular weight is 180 g/mol. The number of aromatic nitrogens is 2. The van der Waals surface area contributed by atoms with Crippen molar-refractivity contribution in [1.29, 1.82) is 0 Å². The van der Waals surface area contributed by atoms with Crippen LogP contribution in [0.3, 0.4) is 0 Å². The summed E-state index contributed by atoms with van der Waals surface area (Å²) in [6.07, 6.45) is 4.09. The number of nitrogens with two attached hydrogens (primary N) is 1. The normalized spacial score (nSPS) is 19.2. The quantitative estimate of drug-likeness (QED) is 0.660. The first-order chi connectivity index (χ1) is 6.29. The Hall–Kier alpha value is -1.03. The van der Waals surface area contributed by atoms with Gasteiger partial charge in [0.15, 0.2) is 0 Å². The largest absolute Gasteiger partial charge is 0.396 e. The molecule has 0 aromatic carbocycles. The SMILES string of the molecule is Cn1ncc(N)c1C1CCNCC1. The molecule has 72 valence electrons. The van der Waals surface area contributed by atoms with Gasteiger partial charge in [-0.05, 0) is 25.9 Å². The smallest absolute Gasteiger partial charge is 0.0735 e. The van der Waals surface area contributed by atoms with Crippen LogP contribution in [0.2, 0.25) is 0 Å². The van der Waals surface area contributed by atoms with E-state index in [1.54, 1.807) is 6.20 Å². The van der Waals surface area contributed by atoms with Crippen LogP contribution in [0, 0.1) is 0 Å². The van der Waals surface area contributed by atoms with E-state index in [0.717, 1.165) is 18.8 Å². The molecule has 1 aliphatic rings. The molecule has 0 radical (unpaired) electrons. The maximum absolute atomic E-state index is 5.87. The lowest BCUT2D eigenvalue weighted by atomic mass is 9.94. The minimum absolute atomic E-state index is 0.591. The Bertz CT molecular complexity index is 266. The molecular formula is C9H16N4. The highest BCUT2D eigenvalue weighted by atomic mass is 15.3. The van der Waals surface area contributed by atoms with E-state index < -0.39 is 0 Å². The predicted molar refractivity (Wildman–Crippen MR) is 52.5 cm³/mol. The molecule has 0 amide bonds. The Morgan fingerprint density at radius 3 is 2.77 bits per heavy atom. The Kier molecular flexibility index (Phi) is 2.22. The fourth-order valence-corrected chi connectivity index (χ4v) is 2.06. The van der Waals surface area contributed by atoms with Gasteiger partial charge in [0.05, 0.1) is 17.6 Å². The minimum Gasteiger partial charge on any atom is -0.396 e. The van der Waals surface area contributed by atoms with E-state index in [4.69, 9.17) is 5.73 Å². The molecule has 1 saturated heterocycles. The highest BCUT2D eigenvalue weighted by molar-refractivity contribution is 5.43. The molecule has 3 N–H and O–H groups in total. The van der Waals surface area contributed by atoms with Gasteiger partial charge >= 0.3 is 0 Å². The lowest BCUT2D eigenvalue weighted by Crippen LogP contribution is -2.27. The van der Waals surface area contributed by atoms with Gasteiger partial charge in [-0.15, -0.1) is 0 Å². The third kappa shape index (κ3) is 1.54. The zero-order valence-corrected chi connectivity index (χ0v) is 7.95. The van der Waals surface area contributed by atoms with Crippen LogP contribution in [0.1, 0.15) is 24.5 Å². The topological polar surface area (TPSA) is 55.9 Å². The summed E-state index contributed by atoms with van der Waals surface area (Å²) in [5.74, 6) is 0.591. The standard InChI is InChI=1S/C9H16N4/c1-13-9(8(10)6-12-13)7-2-4-11-5-3-7/h6-7,11H,2-5,10H2,1H3. The molecule has 0 aliphatic carbocycles.